The van der Waals surface area contributed by atoms with E-state index in [1.165, 1.54) is 0 Å². The van der Waals surface area contributed by atoms with E-state index in [0.717, 1.165) is 22.4 Å². The number of nitrogens with one attached hydrogen (secondary N) is 1. The second kappa shape index (κ2) is 4.34. The number of ketones is 1. The number of carbonyl (C=O) groups is 2. The molecule has 0 bridgehead atoms. The van der Waals surface area contributed by atoms with Crippen LogP contribution in [0.15, 0.2) is 6.07 Å². The van der Waals surface area contributed by atoms with Crippen LogP contribution in [0.4, 0.5) is 5.69 Å². The van der Waals surface area contributed by atoms with E-state index in [9.17, 15) is 9.59 Å². The van der Waals surface area contributed by atoms with E-state index in [2.05, 4.69) is 5.32 Å². The van der Waals surface area contributed by atoms with Gasteiger partial charge in [0.15, 0.2) is 5.78 Å². The third-order valence-electron chi connectivity index (χ3n) is 4.01. The molecule has 0 saturated heterocycles. The number of hydrogen-bond donors (Lipinski definition) is 1. The molecule has 1 heterocycles. The first-order valence-electron chi connectivity index (χ1n) is 6.32. The Balaban J connectivity index is 2.71. The van der Waals surface area contributed by atoms with Crippen LogP contribution in [0.3, 0.4) is 0 Å². The number of rotatable bonds is 2. The number of hydrogen-bond acceptors (Lipinski definition) is 2. The van der Waals surface area contributed by atoms with Gasteiger partial charge < -0.3 is 5.32 Å². The van der Waals surface area contributed by atoms with E-state index in [1.54, 1.807) is 6.92 Å². The predicted octanol–water partition coefficient (Wildman–Crippen LogP) is 3.34. The summed E-state index contributed by atoms with van der Waals surface area (Å²) in [7, 11) is 0. The lowest BCUT2D eigenvalue weighted by molar-refractivity contribution is -0.119. The van der Waals surface area contributed by atoms with Crippen LogP contribution in [-0.2, 0) is 10.2 Å². The number of alkyl halides is 1. The Kier molecular flexibility index (Phi) is 3.21. The number of halogens is 1. The van der Waals surface area contributed by atoms with Crippen molar-refractivity contribution in [2.75, 3.05) is 5.32 Å². The first-order chi connectivity index (χ1) is 8.67. The lowest BCUT2D eigenvalue weighted by Gasteiger charge is -2.18. The molecule has 1 N–H and O–H groups in total. The van der Waals surface area contributed by atoms with Crippen LogP contribution >= 0.6 is 11.6 Å². The van der Waals surface area contributed by atoms with Crippen LogP contribution in [0, 0.1) is 13.8 Å². The molecule has 19 heavy (non-hydrogen) atoms. The second-order valence-electron chi connectivity index (χ2n) is 5.66. The molecular weight excluding hydrogens is 262 g/mol. The summed E-state index contributed by atoms with van der Waals surface area (Å²) >= 11 is 5.91. The zero-order chi connectivity index (χ0) is 14.5. The Hall–Kier alpha value is -1.35. The lowest BCUT2D eigenvalue weighted by atomic mass is 9.82. The zero-order valence-electron chi connectivity index (χ0n) is 11.8. The number of benzene rings is 1. The van der Waals surface area contributed by atoms with Gasteiger partial charge in [-0.05, 0) is 57.4 Å². The summed E-state index contributed by atoms with van der Waals surface area (Å²) in [6.45, 7) is 9.20. The summed E-state index contributed by atoms with van der Waals surface area (Å²) in [6, 6.07) is 1.82. The van der Waals surface area contributed by atoms with Crippen molar-refractivity contribution in [1.82, 2.24) is 0 Å². The van der Waals surface area contributed by atoms with Gasteiger partial charge in [-0.15, -0.1) is 11.6 Å². The normalized spacial score (nSPS) is 17.9. The van der Waals surface area contributed by atoms with Crippen LogP contribution in [0.5, 0.6) is 0 Å². The van der Waals surface area contributed by atoms with Crippen LogP contribution in [0.25, 0.3) is 0 Å². The Morgan fingerprint density at radius 1 is 1.32 bits per heavy atom. The van der Waals surface area contributed by atoms with Crippen LogP contribution in [0.2, 0.25) is 0 Å². The van der Waals surface area contributed by atoms with Gasteiger partial charge in [-0.2, -0.15) is 0 Å². The molecule has 2 rings (SSSR count). The minimum absolute atomic E-state index is 0.0338. The predicted molar refractivity (Wildman–Crippen MR) is 77.2 cm³/mol. The topological polar surface area (TPSA) is 46.2 Å². The SMILES string of the molecule is Cc1c(C(=O)C(C)Cl)cc2c(c1C)NC(=O)C2(C)C. The lowest BCUT2D eigenvalue weighted by Crippen LogP contribution is -2.27. The molecule has 1 aliphatic rings. The number of Topliss-reactive ketones (excluding diaryl/α,β-unsaturated/α-hetero) is 1. The van der Waals surface area contributed by atoms with Crippen molar-refractivity contribution >= 4 is 29.0 Å². The number of amides is 1. The molecule has 0 spiro atoms. The highest BCUT2D eigenvalue weighted by Gasteiger charge is 2.40. The van der Waals surface area contributed by atoms with E-state index >= 15 is 0 Å². The van der Waals surface area contributed by atoms with Crippen molar-refractivity contribution in [3.63, 3.8) is 0 Å². The molecule has 0 saturated carbocycles. The van der Waals surface area contributed by atoms with Crippen molar-refractivity contribution in [3.8, 4) is 0 Å². The first-order valence-corrected chi connectivity index (χ1v) is 6.76. The fourth-order valence-corrected chi connectivity index (χ4v) is 2.55. The van der Waals surface area contributed by atoms with Gasteiger partial charge in [0.05, 0.1) is 10.8 Å². The Labute approximate surface area is 118 Å². The van der Waals surface area contributed by atoms with Gasteiger partial charge >= 0.3 is 0 Å². The van der Waals surface area contributed by atoms with Gasteiger partial charge in [-0.1, -0.05) is 0 Å². The zero-order valence-corrected chi connectivity index (χ0v) is 12.6. The average molecular weight is 280 g/mol. The summed E-state index contributed by atoms with van der Waals surface area (Å²) in [5.74, 6) is -0.131. The quantitative estimate of drug-likeness (QED) is 0.667. The van der Waals surface area contributed by atoms with Gasteiger partial charge in [-0.3, -0.25) is 9.59 Å². The second-order valence-corrected chi connectivity index (χ2v) is 6.31. The summed E-state index contributed by atoms with van der Waals surface area (Å²) in [6.07, 6.45) is 0. The van der Waals surface area contributed by atoms with E-state index in [1.807, 2.05) is 33.8 Å². The highest BCUT2D eigenvalue weighted by molar-refractivity contribution is 6.34. The van der Waals surface area contributed by atoms with Crippen molar-refractivity contribution < 1.29 is 9.59 Å². The van der Waals surface area contributed by atoms with Gasteiger partial charge in [0.1, 0.15) is 0 Å². The van der Waals surface area contributed by atoms with Crippen LogP contribution < -0.4 is 5.32 Å². The highest BCUT2D eigenvalue weighted by Crippen LogP contribution is 2.41. The summed E-state index contributed by atoms with van der Waals surface area (Å²) in [5.41, 5.74) is 3.54. The molecular formula is C15H18ClNO2. The molecule has 1 aromatic rings. The van der Waals surface area contributed by atoms with E-state index in [0.29, 0.717) is 5.56 Å². The molecule has 3 nitrogen and oxygen atoms in total. The van der Waals surface area contributed by atoms with Gasteiger partial charge in [-0.25, -0.2) is 0 Å². The van der Waals surface area contributed by atoms with E-state index < -0.39 is 10.8 Å². The van der Waals surface area contributed by atoms with Gasteiger partial charge in [0.25, 0.3) is 0 Å². The van der Waals surface area contributed by atoms with Crippen LogP contribution in [0.1, 0.15) is 47.8 Å². The molecule has 0 aliphatic carbocycles. The first kappa shape index (κ1) is 14.1. The summed E-state index contributed by atoms with van der Waals surface area (Å²) in [4.78, 5) is 24.2. The smallest absolute Gasteiger partial charge is 0.234 e. The molecule has 4 heteroatoms. The number of fused-ring (bicyclic) bond motifs is 1. The largest absolute Gasteiger partial charge is 0.325 e. The summed E-state index contributed by atoms with van der Waals surface area (Å²) in [5, 5.41) is 2.34. The molecule has 0 fully saturated rings. The molecule has 1 unspecified atom stereocenters. The minimum Gasteiger partial charge on any atom is -0.325 e. The van der Waals surface area contributed by atoms with E-state index in [4.69, 9.17) is 11.6 Å². The molecule has 102 valence electrons. The van der Waals surface area contributed by atoms with Crippen molar-refractivity contribution in [3.05, 3.63) is 28.3 Å². The Morgan fingerprint density at radius 2 is 1.89 bits per heavy atom. The molecule has 0 aromatic heterocycles. The minimum atomic E-state index is -0.613. The fourth-order valence-electron chi connectivity index (χ4n) is 2.43. The van der Waals surface area contributed by atoms with E-state index in [-0.39, 0.29) is 11.7 Å². The maximum atomic E-state index is 12.2. The highest BCUT2D eigenvalue weighted by atomic mass is 35.5. The van der Waals surface area contributed by atoms with Crippen molar-refractivity contribution in [2.45, 2.75) is 45.4 Å². The van der Waals surface area contributed by atoms with Crippen molar-refractivity contribution in [1.29, 1.82) is 0 Å². The standard InChI is InChI=1S/C15H18ClNO2/c1-7-8(2)12-11(15(4,5)14(19)17-12)6-10(7)13(18)9(3)16/h6,9H,1-5H3,(H,17,19). The Bertz CT molecular complexity index is 588. The number of carbonyl (C=O) groups excluding carboxylic acids is 2. The molecule has 1 aliphatic heterocycles. The maximum absolute atomic E-state index is 12.2. The third kappa shape index (κ3) is 1.96. The monoisotopic (exact) mass is 279 g/mol. The fraction of sp³-hybridized carbons (Fsp3) is 0.467. The molecule has 0 radical (unpaired) electrons. The Morgan fingerprint density at radius 3 is 2.42 bits per heavy atom. The summed E-state index contributed by atoms with van der Waals surface area (Å²) < 4.78 is 0. The molecule has 1 amide bonds. The average Bonchev–Trinajstić information content (AvgIpc) is 2.55. The molecule has 1 atom stereocenters. The number of anilines is 1. The van der Waals surface area contributed by atoms with Gasteiger partial charge in [0, 0.05) is 11.3 Å². The van der Waals surface area contributed by atoms with Gasteiger partial charge in [0.2, 0.25) is 5.91 Å². The third-order valence-corrected chi connectivity index (χ3v) is 4.20. The maximum Gasteiger partial charge on any atom is 0.234 e. The van der Waals surface area contributed by atoms with Crippen LogP contribution in [-0.4, -0.2) is 17.1 Å². The molecule has 1 aromatic carbocycles. The van der Waals surface area contributed by atoms with Crippen molar-refractivity contribution in [2.24, 2.45) is 0 Å².